The Bertz CT molecular complexity index is 1490. The fourth-order valence-electron chi connectivity index (χ4n) is 5.06. The standard InChI is InChI=1S/C26H24F4N8/c1-2-32-20-10-16(27)9-18-17(20)11-21-23(18)24(38-6-3-22(36-38)26(28,29)30)19(14-33-21)15-12-34-25(35-13-15)37-7-4-31-5-8-37/h3,6,9-10,12-14,31-32H,2,4-5,7-8,11H2,1H3. The predicted octanol–water partition coefficient (Wildman–Crippen LogP) is 4.29. The second-order valence-electron chi connectivity index (χ2n) is 9.18. The zero-order valence-corrected chi connectivity index (χ0v) is 20.5. The molecule has 0 atom stereocenters. The predicted molar refractivity (Wildman–Crippen MR) is 135 cm³/mol. The molecule has 2 aliphatic rings. The number of fused-ring (bicyclic) bond motifs is 3. The van der Waals surface area contributed by atoms with Crippen LogP contribution in [0.25, 0.3) is 27.9 Å². The minimum Gasteiger partial charge on any atom is -0.385 e. The number of nitrogens with zero attached hydrogens (tertiary/aromatic N) is 6. The summed E-state index contributed by atoms with van der Waals surface area (Å²) in [5, 5.41) is 10.3. The molecule has 1 fully saturated rings. The fraction of sp³-hybridized carbons (Fsp3) is 0.308. The average Bonchev–Trinajstić information content (AvgIpc) is 3.55. The third-order valence-electron chi connectivity index (χ3n) is 6.78. The van der Waals surface area contributed by atoms with Crippen LogP contribution in [0.5, 0.6) is 0 Å². The maximum Gasteiger partial charge on any atom is 0.435 e. The van der Waals surface area contributed by atoms with Gasteiger partial charge in [0.25, 0.3) is 0 Å². The molecule has 0 unspecified atom stereocenters. The minimum absolute atomic E-state index is 0.371. The van der Waals surface area contributed by atoms with Gasteiger partial charge in [-0.1, -0.05) is 0 Å². The Kier molecular flexibility index (Phi) is 5.98. The lowest BCUT2D eigenvalue weighted by atomic mass is 9.99. The van der Waals surface area contributed by atoms with Crippen molar-refractivity contribution in [3.05, 3.63) is 65.8 Å². The number of pyridine rings is 1. The maximum atomic E-state index is 14.7. The molecule has 38 heavy (non-hydrogen) atoms. The number of alkyl halides is 3. The van der Waals surface area contributed by atoms with Crippen molar-refractivity contribution in [2.45, 2.75) is 19.5 Å². The SMILES string of the molecule is CCNc1cc(F)cc2c1Cc1ncc(-c3cnc(N4CCNCC4)nc3)c(-n3ccc(C(F)(F)F)n3)c1-2. The molecular formula is C26H24F4N8. The second kappa shape index (κ2) is 9.35. The second-order valence-corrected chi connectivity index (χ2v) is 9.18. The van der Waals surface area contributed by atoms with Crippen LogP contribution in [0, 0.1) is 5.82 Å². The summed E-state index contributed by atoms with van der Waals surface area (Å²) >= 11 is 0. The monoisotopic (exact) mass is 524 g/mol. The molecule has 0 bridgehead atoms. The van der Waals surface area contributed by atoms with Gasteiger partial charge < -0.3 is 15.5 Å². The normalized spacial score (nSPS) is 14.9. The number of hydrogen-bond donors (Lipinski definition) is 2. The van der Waals surface area contributed by atoms with E-state index in [9.17, 15) is 17.6 Å². The van der Waals surface area contributed by atoms with Crippen LogP contribution < -0.4 is 15.5 Å². The van der Waals surface area contributed by atoms with Crippen molar-refractivity contribution in [2.75, 3.05) is 42.9 Å². The first-order chi connectivity index (χ1) is 18.3. The third kappa shape index (κ3) is 4.24. The van der Waals surface area contributed by atoms with Crippen molar-refractivity contribution < 1.29 is 17.6 Å². The molecule has 4 heterocycles. The van der Waals surface area contributed by atoms with Crippen molar-refractivity contribution in [3.63, 3.8) is 0 Å². The van der Waals surface area contributed by atoms with E-state index in [4.69, 9.17) is 0 Å². The van der Waals surface area contributed by atoms with Gasteiger partial charge in [0.2, 0.25) is 5.95 Å². The van der Waals surface area contributed by atoms with Gasteiger partial charge in [-0.05, 0) is 36.2 Å². The van der Waals surface area contributed by atoms with Gasteiger partial charge in [-0.15, -0.1) is 0 Å². The highest BCUT2D eigenvalue weighted by atomic mass is 19.4. The van der Waals surface area contributed by atoms with Crippen LogP contribution in [0.15, 0.2) is 43.0 Å². The minimum atomic E-state index is -4.61. The summed E-state index contributed by atoms with van der Waals surface area (Å²) in [6, 6.07) is 3.74. The van der Waals surface area contributed by atoms with Gasteiger partial charge in [0.15, 0.2) is 5.69 Å². The summed E-state index contributed by atoms with van der Waals surface area (Å²) in [5.41, 5.74) is 3.62. The first-order valence-electron chi connectivity index (χ1n) is 12.3. The Balaban J connectivity index is 1.53. The van der Waals surface area contributed by atoms with Gasteiger partial charge in [-0.3, -0.25) is 4.98 Å². The van der Waals surface area contributed by atoms with Gasteiger partial charge in [0.05, 0.1) is 11.4 Å². The van der Waals surface area contributed by atoms with Crippen molar-refractivity contribution in [1.82, 2.24) is 30.0 Å². The number of hydrogen-bond acceptors (Lipinski definition) is 7. The smallest absolute Gasteiger partial charge is 0.385 e. The lowest BCUT2D eigenvalue weighted by molar-refractivity contribution is -0.141. The number of piperazine rings is 1. The van der Waals surface area contributed by atoms with E-state index in [0.717, 1.165) is 37.8 Å². The first-order valence-corrected chi connectivity index (χ1v) is 12.3. The van der Waals surface area contributed by atoms with Gasteiger partial charge in [-0.25, -0.2) is 19.0 Å². The molecular weight excluding hydrogens is 500 g/mol. The van der Waals surface area contributed by atoms with Crippen LogP contribution in [0.4, 0.5) is 29.2 Å². The summed E-state index contributed by atoms with van der Waals surface area (Å²) in [6.07, 6.45) is 1.93. The molecule has 1 saturated heterocycles. The Hall–Kier alpha value is -4.06. The zero-order valence-electron chi connectivity index (χ0n) is 20.5. The van der Waals surface area contributed by atoms with E-state index in [0.29, 0.717) is 58.2 Å². The molecule has 1 aromatic carbocycles. The average molecular weight is 525 g/mol. The first kappa shape index (κ1) is 24.3. The van der Waals surface area contributed by atoms with Gasteiger partial charge in [0, 0.05) is 86.3 Å². The van der Waals surface area contributed by atoms with Crippen LogP contribution in [-0.2, 0) is 12.6 Å². The fourth-order valence-corrected chi connectivity index (χ4v) is 5.06. The summed E-state index contributed by atoms with van der Waals surface area (Å²) < 4.78 is 56.4. The van der Waals surface area contributed by atoms with E-state index in [-0.39, 0.29) is 0 Å². The molecule has 0 radical (unpaired) electrons. The van der Waals surface area contributed by atoms with E-state index in [1.54, 1.807) is 18.6 Å². The van der Waals surface area contributed by atoms with Crippen LogP contribution in [0.2, 0.25) is 0 Å². The van der Waals surface area contributed by atoms with E-state index >= 15 is 0 Å². The van der Waals surface area contributed by atoms with Crippen LogP contribution in [0.3, 0.4) is 0 Å². The molecule has 0 saturated carbocycles. The molecule has 1 aliphatic carbocycles. The van der Waals surface area contributed by atoms with E-state index < -0.39 is 17.7 Å². The lowest BCUT2D eigenvalue weighted by Gasteiger charge is -2.27. The Morgan fingerprint density at radius 2 is 1.79 bits per heavy atom. The number of nitrogens with one attached hydrogen (secondary N) is 2. The van der Waals surface area contributed by atoms with Gasteiger partial charge in [0.1, 0.15) is 5.82 Å². The van der Waals surface area contributed by atoms with Crippen molar-refractivity contribution in [1.29, 1.82) is 0 Å². The summed E-state index contributed by atoms with van der Waals surface area (Å²) in [6.45, 7) is 5.70. The third-order valence-corrected chi connectivity index (χ3v) is 6.78. The van der Waals surface area contributed by atoms with E-state index in [2.05, 4.69) is 35.6 Å². The summed E-state index contributed by atoms with van der Waals surface area (Å²) in [7, 11) is 0. The van der Waals surface area contributed by atoms with Crippen LogP contribution in [-0.4, -0.2) is 57.5 Å². The number of rotatable bonds is 5. The highest BCUT2D eigenvalue weighted by Crippen LogP contribution is 2.46. The van der Waals surface area contributed by atoms with Crippen molar-refractivity contribution in [2.24, 2.45) is 0 Å². The Morgan fingerprint density at radius 1 is 1.03 bits per heavy atom. The molecule has 0 amide bonds. The number of aromatic nitrogens is 5. The molecule has 196 valence electrons. The molecule has 1 aliphatic heterocycles. The van der Waals surface area contributed by atoms with Gasteiger partial charge >= 0.3 is 6.18 Å². The molecule has 12 heteroatoms. The largest absolute Gasteiger partial charge is 0.435 e. The topological polar surface area (TPSA) is 83.8 Å². The van der Waals surface area contributed by atoms with E-state index in [1.165, 1.54) is 23.0 Å². The molecule has 0 spiro atoms. The molecule has 6 rings (SSSR count). The van der Waals surface area contributed by atoms with Crippen molar-refractivity contribution >= 4 is 11.6 Å². The Morgan fingerprint density at radius 3 is 2.47 bits per heavy atom. The van der Waals surface area contributed by atoms with E-state index in [1.807, 2.05) is 6.92 Å². The van der Waals surface area contributed by atoms with Gasteiger partial charge in [-0.2, -0.15) is 18.3 Å². The van der Waals surface area contributed by atoms with Crippen LogP contribution in [0.1, 0.15) is 23.9 Å². The number of benzene rings is 1. The lowest BCUT2D eigenvalue weighted by Crippen LogP contribution is -2.44. The maximum absolute atomic E-state index is 14.7. The number of halogens is 4. The Labute approximate surface area is 215 Å². The van der Waals surface area contributed by atoms with Crippen molar-refractivity contribution in [3.8, 4) is 27.9 Å². The molecule has 8 nitrogen and oxygen atoms in total. The quantitative estimate of drug-likeness (QED) is 0.332. The molecule has 2 N–H and O–H groups in total. The molecule has 4 aromatic rings. The highest BCUT2D eigenvalue weighted by molar-refractivity contribution is 5.91. The zero-order chi connectivity index (χ0) is 26.4. The van der Waals surface area contributed by atoms with Crippen LogP contribution >= 0.6 is 0 Å². The molecule has 3 aromatic heterocycles. The summed E-state index contributed by atoms with van der Waals surface area (Å²) in [4.78, 5) is 15.8. The summed E-state index contributed by atoms with van der Waals surface area (Å²) in [5.74, 6) is 0.121. The number of anilines is 2. The highest BCUT2D eigenvalue weighted by Gasteiger charge is 2.35.